The second-order valence-electron chi connectivity index (χ2n) is 5.08. The lowest BCUT2D eigenvalue weighted by Crippen LogP contribution is -2.35. The number of amides is 1. The monoisotopic (exact) mass is 259 g/mol. The quantitative estimate of drug-likeness (QED) is 0.602. The van der Waals surface area contributed by atoms with Crippen LogP contribution in [-0.2, 0) is 20.7 Å². The second-order valence-corrected chi connectivity index (χ2v) is 5.08. The highest BCUT2D eigenvalue weighted by Crippen LogP contribution is 2.44. The Morgan fingerprint density at radius 1 is 1.47 bits per heavy atom. The molecular formula is C15H17NO3. The van der Waals surface area contributed by atoms with Crippen molar-refractivity contribution in [3.8, 4) is 0 Å². The molecule has 2 heterocycles. The zero-order valence-corrected chi connectivity index (χ0v) is 11.2. The Labute approximate surface area is 112 Å². The molecule has 4 heteroatoms. The molecule has 0 radical (unpaired) electrons. The van der Waals surface area contributed by atoms with Gasteiger partial charge < -0.3 is 9.64 Å². The van der Waals surface area contributed by atoms with Crippen LogP contribution in [0.3, 0.4) is 0 Å². The molecule has 19 heavy (non-hydrogen) atoms. The summed E-state index contributed by atoms with van der Waals surface area (Å²) >= 11 is 0. The molecule has 0 fully saturated rings. The number of nitrogens with zero attached hydrogens (tertiary/aromatic N) is 1. The van der Waals surface area contributed by atoms with E-state index in [0.717, 1.165) is 24.1 Å². The first kappa shape index (κ1) is 12.2. The molecule has 0 aromatic heterocycles. The summed E-state index contributed by atoms with van der Waals surface area (Å²) in [5.41, 5.74) is 4.20. The Morgan fingerprint density at radius 2 is 2.26 bits per heavy atom. The van der Waals surface area contributed by atoms with Crippen molar-refractivity contribution in [1.29, 1.82) is 0 Å². The third-order valence-electron chi connectivity index (χ3n) is 3.97. The Balaban J connectivity index is 2.13. The first-order valence-corrected chi connectivity index (χ1v) is 6.75. The molecule has 0 spiro atoms. The fourth-order valence-corrected chi connectivity index (χ4v) is 3.11. The molecule has 1 aromatic rings. The van der Waals surface area contributed by atoms with Gasteiger partial charge in [0.2, 0.25) is 5.91 Å². The molecule has 4 nitrogen and oxygen atoms in total. The molecule has 1 unspecified atom stereocenters. The Bertz CT molecular complexity index is 565. The highest BCUT2D eigenvalue weighted by Gasteiger charge is 2.45. The summed E-state index contributed by atoms with van der Waals surface area (Å²) in [7, 11) is 0. The standard InChI is InChI=1S/C15H17NO3/c1-3-19-15(18)12-11-7-6-9(2)10-5-4-8-16(13(10)11)14(12)17/h6-7,12H,3-5,8H2,1-2H3. The summed E-state index contributed by atoms with van der Waals surface area (Å²) in [6.45, 7) is 4.82. The second kappa shape index (κ2) is 4.37. The predicted octanol–water partition coefficient (Wildman–Crippen LogP) is 1.93. The van der Waals surface area contributed by atoms with E-state index in [1.165, 1.54) is 11.1 Å². The van der Waals surface area contributed by atoms with Crippen molar-refractivity contribution in [1.82, 2.24) is 0 Å². The molecule has 1 atom stereocenters. The lowest BCUT2D eigenvalue weighted by molar-refractivity contribution is -0.147. The first-order chi connectivity index (χ1) is 9.15. The molecule has 1 amide bonds. The lowest BCUT2D eigenvalue weighted by Gasteiger charge is -2.26. The van der Waals surface area contributed by atoms with E-state index in [1.54, 1.807) is 11.8 Å². The maximum Gasteiger partial charge on any atom is 0.323 e. The van der Waals surface area contributed by atoms with Crippen LogP contribution in [0.15, 0.2) is 12.1 Å². The maximum absolute atomic E-state index is 12.4. The van der Waals surface area contributed by atoms with Crippen LogP contribution in [0.5, 0.6) is 0 Å². The number of hydrogen-bond acceptors (Lipinski definition) is 3. The molecule has 0 aliphatic carbocycles. The molecular weight excluding hydrogens is 242 g/mol. The Kier molecular flexibility index (Phi) is 2.81. The van der Waals surface area contributed by atoms with Crippen LogP contribution in [0.25, 0.3) is 0 Å². The zero-order valence-electron chi connectivity index (χ0n) is 11.2. The van der Waals surface area contributed by atoms with E-state index in [9.17, 15) is 9.59 Å². The van der Waals surface area contributed by atoms with Crippen molar-refractivity contribution in [3.63, 3.8) is 0 Å². The SMILES string of the molecule is CCOC(=O)C1C(=O)N2CCCc3c(C)ccc1c32. The van der Waals surface area contributed by atoms with Crippen LogP contribution in [0.2, 0.25) is 0 Å². The molecule has 1 aromatic carbocycles. The van der Waals surface area contributed by atoms with E-state index >= 15 is 0 Å². The predicted molar refractivity (Wildman–Crippen MR) is 71.2 cm³/mol. The third kappa shape index (κ3) is 1.66. The van der Waals surface area contributed by atoms with Gasteiger partial charge in [-0.25, -0.2) is 0 Å². The highest BCUT2D eigenvalue weighted by molar-refractivity contribution is 6.17. The minimum Gasteiger partial charge on any atom is -0.465 e. The molecule has 0 N–H and O–H groups in total. The fourth-order valence-electron chi connectivity index (χ4n) is 3.11. The summed E-state index contributed by atoms with van der Waals surface area (Å²) < 4.78 is 5.05. The van der Waals surface area contributed by atoms with Gasteiger partial charge >= 0.3 is 5.97 Å². The fraction of sp³-hybridized carbons (Fsp3) is 0.467. The van der Waals surface area contributed by atoms with Gasteiger partial charge in [0.1, 0.15) is 0 Å². The largest absolute Gasteiger partial charge is 0.465 e. The summed E-state index contributed by atoms with van der Waals surface area (Å²) in [5, 5.41) is 0. The van der Waals surface area contributed by atoms with Gasteiger partial charge in [-0.3, -0.25) is 9.59 Å². The number of benzene rings is 1. The maximum atomic E-state index is 12.4. The summed E-state index contributed by atoms with van der Waals surface area (Å²) in [4.78, 5) is 26.2. The number of esters is 1. The van der Waals surface area contributed by atoms with Crippen LogP contribution >= 0.6 is 0 Å². The smallest absolute Gasteiger partial charge is 0.323 e. The molecule has 0 saturated carbocycles. The number of carbonyl (C=O) groups is 2. The van der Waals surface area contributed by atoms with Gasteiger partial charge in [0, 0.05) is 6.54 Å². The van der Waals surface area contributed by atoms with E-state index in [1.807, 2.05) is 12.1 Å². The number of ether oxygens (including phenoxy) is 1. The van der Waals surface area contributed by atoms with Gasteiger partial charge in [0.25, 0.3) is 0 Å². The minimum atomic E-state index is -0.757. The number of rotatable bonds is 2. The van der Waals surface area contributed by atoms with Gasteiger partial charge in [0.05, 0.1) is 12.3 Å². The molecule has 100 valence electrons. The number of anilines is 1. The number of aryl methyl sites for hydroxylation is 1. The highest BCUT2D eigenvalue weighted by atomic mass is 16.5. The van der Waals surface area contributed by atoms with E-state index in [0.29, 0.717) is 13.2 Å². The van der Waals surface area contributed by atoms with Crippen molar-refractivity contribution >= 4 is 17.6 Å². The Hall–Kier alpha value is -1.84. The van der Waals surface area contributed by atoms with Gasteiger partial charge in [-0.1, -0.05) is 12.1 Å². The minimum absolute atomic E-state index is 0.125. The summed E-state index contributed by atoms with van der Waals surface area (Å²) in [6, 6.07) is 3.90. The van der Waals surface area contributed by atoms with Gasteiger partial charge in [-0.15, -0.1) is 0 Å². The van der Waals surface area contributed by atoms with Crippen molar-refractivity contribution in [2.24, 2.45) is 0 Å². The van der Waals surface area contributed by atoms with Crippen LogP contribution < -0.4 is 4.90 Å². The van der Waals surface area contributed by atoms with Crippen LogP contribution in [0, 0.1) is 6.92 Å². The van der Waals surface area contributed by atoms with Crippen LogP contribution in [0.1, 0.15) is 36.0 Å². The average Bonchev–Trinajstić information content (AvgIpc) is 2.69. The van der Waals surface area contributed by atoms with Crippen molar-refractivity contribution in [2.45, 2.75) is 32.6 Å². The average molecular weight is 259 g/mol. The van der Waals surface area contributed by atoms with Crippen molar-refractivity contribution in [3.05, 3.63) is 28.8 Å². The topological polar surface area (TPSA) is 46.6 Å². The number of hydrogen-bond donors (Lipinski definition) is 0. The third-order valence-corrected chi connectivity index (χ3v) is 3.97. The normalized spacial score (nSPS) is 20.4. The van der Waals surface area contributed by atoms with Gasteiger partial charge in [0.15, 0.2) is 5.92 Å². The van der Waals surface area contributed by atoms with Crippen LogP contribution in [0.4, 0.5) is 5.69 Å². The molecule has 0 bridgehead atoms. The van der Waals surface area contributed by atoms with E-state index in [-0.39, 0.29) is 5.91 Å². The summed E-state index contributed by atoms with van der Waals surface area (Å²) in [6.07, 6.45) is 1.94. The zero-order chi connectivity index (χ0) is 13.6. The molecule has 3 rings (SSSR count). The van der Waals surface area contributed by atoms with Crippen molar-refractivity contribution < 1.29 is 14.3 Å². The lowest BCUT2D eigenvalue weighted by atomic mass is 9.93. The van der Waals surface area contributed by atoms with E-state index in [4.69, 9.17) is 4.74 Å². The van der Waals surface area contributed by atoms with Gasteiger partial charge in [-0.2, -0.15) is 0 Å². The number of carbonyl (C=O) groups excluding carboxylic acids is 2. The first-order valence-electron chi connectivity index (χ1n) is 6.75. The van der Waals surface area contributed by atoms with Gasteiger partial charge in [-0.05, 0) is 43.4 Å². The summed E-state index contributed by atoms with van der Waals surface area (Å²) in [5.74, 6) is -1.31. The van der Waals surface area contributed by atoms with Crippen LogP contribution in [-0.4, -0.2) is 25.0 Å². The molecule has 2 aliphatic heterocycles. The Morgan fingerprint density at radius 3 is 3.00 bits per heavy atom. The van der Waals surface area contributed by atoms with E-state index in [2.05, 4.69) is 6.92 Å². The molecule has 0 saturated heterocycles. The van der Waals surface area contributed by atoms with Crippen molar-refractivity contribution in [2.75, 3.05) is 18.1 Å². The van der Waals surface area contributed by atoms with E-state index < -0.39 is 11.9 Å². The molecule has 2 aliphatic rings.